The quantitative estimate of drug-likeness (QED) is 0.735. The number of benzene rings is 1. The molecule has 1 aromatic carbocycles. The zero-order chi connectivity index (χ0) is 22.5. The van der Waals surface area contributed by atoms with E-state index in [4.69, 9.17) is 16.9 Å². The molecule has 32 heavy (non-hydrogen) atoms. The van der Waals surface area contributed by atoms with Crippen molar-refractivity contribution in [1.29, 1.82) is 5.26 Å². The van der Waals surface area contributed by atoms with Crippen LogP contribution < -0.4 is 10.2 Å². The second-order valence-electron chi connectivity index (χ2n) is 9.09. The molecule has 1 saturated carbocycles. The van der Waals surface area contributed by atoms with E-state index in [1.54, 1.807) is 4.90 Å². The Bertz CT molecular complexity index is 839. The molecule has 172 valence electrons. The number of amides is 2. The van der Waals surface area contributed by atoms with E-state index in [0.29, 0.717) is 6.54 Å². The Labute approximate surface area is 195 Å². The van der Waals surface area contributed by atoms with Crippen LogP contribution in [0.5, 0.6) is 0 Å². The molecule has 1 aromatic rings. The van der Waals surface area contributed by atoms with Crippen LogP contribution in [0.25, 0.3) is 0 Å². The third kappa shape index (κ3) is 5.36. The molecule has 2 saturated heterocycles. The first-order valence-electron chi connectivity index (χ1n) is 11.8. The number of anilines is 1. The molecule has 0 bridgehead atoms. The van der Waals surface area contributed by atoms with E-state index >= 15 is 0 Å². The van der Waals surface area contributed by atoms with E-state index in [9.17, 15) is 9.59 Å². The van der Waals surface area contributed by atoms with Gasteiger partial charge in [0.1, 0.15) is 6.04 Å². The number of carbonyl (C=O) groups is 2. The fourth-order valence-corrected chi connectivity index (χ4v) is 5.30. The van der Waals surface area contributed by atoms with Crippen LogP contribution in [-0.2, 0) is 9.59 Å². The average molecular weight is 458 g/mol. The van der Waals surface area contributed by atoms with Crippen LogP contribution in [0.3, 0.4) is 0 Å². The predicted octanol–water partition coefficient (Wildman–Crippen LogP) is 2.65. The Morgan fingerprint density at radius 1 is 1.00 bits per heavy atom. The molecule has 3 aliphatic rings. The molecule has 2 aliphatic heterocycles. The number of rotatable bonds is 5. The van der Waals surface area contributed by atoms with E-state index in [2.05, 4.69) is 16.3 Å². The minimum Gasteiger partial charge on any atom is -0.368 e. The number of piperazine rings is 1. The van der Waals surface area contributed by atoms with Crippen molar-refractivity contribution in [3.05, 3.63) is 29.3 Å². The number of hydrogen-bond acceptors (Lipinski definition) is 5. The van der Waals surface area contributed by atoms with Crippen LogP contribution >= 0.6 is 11.6 Å². The first kappa shape index (κ1) is 22.9. The van der Waals surface area contributed by atoms with Crippen molar-refractivity contribution in [3.8, 4) is 6.07 Å². The number of likely N-dealkylation sites (tertiary alicyclic amines) is 1. The van der Waals surface area contributed by atoms with Crippen molar-refractivity contribution in [2.75, 3.05) is 44.2 Å². The lowest BCUT2D eigenvalue weighted by Crippen LogP contribution is -2.51. The fraction of sp³-hybridized carbons (Fsp3) is 0.625. The SMILES string of the molecule is N#C[C@@H]1CCCN1C(=O)CN[C@H]1CC[C@H](C(=O)N2CCN(c3ccc(Cl)cc3)CC2)CC1. The summed E-state index contributed by atoms with van der Waals surface area (Å²) in [6.45, 7) is 4.16. The monoisotopic (exact) mass is 457 g/mol. The van der Waals surface area contributed by atoms with E-state index in [-0.39, 0.29) is 36.4 Å². The number of halogens is 1. The van der Waals surface area contributed by atoms with Crippen molar-refractivity contribution in [1.82, 2.24) is 15.1 Å². The smallest absolute Gasteiger partial charge is 0.237 e. The highest BCUT2D eigenvalue weighted by Crippen LogP contribution is 2.27. The molecule has 1 aliphatic carbocycles. The van der Waals surface area contributed by atoms with Gasteiger partial charge in [0.25, 0.3) is 0 Å². The maximum absolute atomic E-state index is 13.0. The van der Waals surface area contributed by atoms with Crippen LogP contribution in [0.2, 0.25) is 5.02 Å². The number of nitriles is 1. The normalized spacial score (nSPS) is 26.1. The molecular weight excluding hydrogens is 426 g/mol. The van der Waals surface area contributed by atoms with Gasteiger partial charge < -0.3 is 20.0 Å². The highest BCUT2D eigenvalue weighted by Gasteiger charge is 2.32. The summed E-state index contributed by atoms with van der Waals surface area (Å²) in [5.41, 5.74) is 1.15. The lowest BCUT2D eigenvalue weighted by atomic mass is 9.85. The van der Waals surface area contributed by atoms with Crippen LogP contribution in [-0.4, -0.2) is 73.0 Å². The summed E-state index contributed by atoms with van der Waals surface area (Å²) in [4.78, 5) is 31.5. The van der Waals surface area contributed by atoms with Gasteiger partial charge >= 0.3 is 0 Å². The molecular formula is C24H32ClN5O2. The lowest BCUT2D eigenvalue weighted by Gasteiger charge is -2.39. The molecule has 0 unspecified atom stereocenters. The fourth-order valence-electron chi connectivity index (χ4n) is 5.17. The molecule has 0 aromatic heterocycles. The highest BCUT2D eigenvalue weighted by molar-refractivity contribution is 6.30. The number of nitrogens with zero attached hydrogens (tertiary/aromatic N) is 4. The zero-order valence-corrected chi connectivity index (χ0v) is 19.3. The average Bonchev–Trinajstić information content (AvgIpc) is 3.32. The summed E-state index contributed by atoms with van der Waals surface area (Å²) in [6.07, 6.45) is 5.25. The second-order valence-corrected chi connectivity index (χ2v) is 9.53. The van der Waals surface area contributed by atoms with Gasteiger partial charge in [0.2, 0.25) is 11.8 Å². The third-order valence-corrected chi connectivity index (χ3v) is 7.38. The van der Waals surface area contributed by atoms with Gasteiger partial charge in [-0.1, -0.05) is 11.6 Å². The molecule has 3 fully saturated rings. The molecule has 0 spiro atoms. The number of hydrogen-bond donors (Lipinski definition) is 1. The molecule has 8 heteroatoms. The molecule has 2 heterocycles. The summed E-state index contributed by atoms with van der Waals surface area (Å²) in [5, 5.41) is 13.3. The van der Waals surface area contributed by atoms with E-state index in [1.165, 1.54) is 0 Å². The highest BCUT2D eigenvalue weighted by atomic mass is 35.5. The summed E-state index contributed by atoms with van der Waals surface area (Å²) in [5.74, 6) is 0.391. The van der Waals surface area contributed by atoms with Crippen LogP contribution in [0.15, 0.2) is 24.3 Å². The van der Waals surface area contributed by atoms with Gasteiger partial charge in [0.15, 0.2) is 0 Å². The Morgan fingerprint density at radius 2 is 1.69 bits per heavy atom. The number of nitrogens with one attached hydrogen (secondary N) is 1. The van der Waals surface area contributed by atoms with Crippen molar-refractivity contribution in [2.45, 2.75) is 50.6 Å². The summed E-state index contributed by atoms with van der Waals surface area (Å²) < 4.78 is 0. The zero-order valence-electron chi connectivity index (χ0n) is 18.5. The predicted molar refractivity (Wildman–Crippen MR) is 124 cm³/mol. The Balaban J connectivity index is 1.17. The second kappa shape index (κ2) is 10.5. The van der Waals surface area contributed by atoms with Gasteiger partial charge in [-0.25, -0.2) is 0 Å². The van der Waals surface area contributed by atoms with Crippen LogP contribution in [0, 0.1) is 17.2 Å². The molecule has 4 rings (SSSR count). The maximum Gasteiger partial charge on any atom is 0.237 e. The van der Waals surface area contributed by atoms with Crippen molar-refractivity contribution < 1.29 is 9.59 Å². The van der Waals surface area contributed by atoms with Crippen molar-refractivity contribution in [3.63, 3.8) is 0 Å². The van der Waals surface area contributed by atoms with E-state index in [1.807, 2.05) is 29.2 Å². The number of carbonyl (C=O) groups excluding carboxylic acids is 2. The minimum atomic E-state index is -0.266. The third-order valence-electron chi connectivity index (χ3n) is 7.12. The van der Waals surface area contributed by atoms with Gasteiger partial charge in [-0.05, 0) is 62.8 Å². The van der Waals surface area contributed by atoms with Gasteiger partial charge in [0, 0.05) is 55.4 Å². The first-order valence-corrected chi connectivity index (χ1v) is 12.1. The van der Waals surface area contributed by atoms with Crippen molar-refractivity contribution >= 4 is 29.1 Å². The van der Waals surface area contributed by atoms with Gasteiger partial charge in [-0.15, -0.1) is 0 Å². The van der Waals surface area contributed by atoms with Crippen LogP contribution in [0.4, 0.5) is 5.69 Å². The summed E-state index contributed by atoms with van der Waals surface area (Å²) in [6, 6.07) is 10.1. The topological polar surface area (TPSA) is 79.7 Å². The maximum atomic E-state index is 13.0. The van der Waals surface area contributed by atoms with Crippen LogP contribution in [0.1, 0.15) is 38.5 Å². The van der Waals surface area contributed by atoms with Gasteiger partial charge in [-0.3, -0.25) is 9.59 Å². The largest absolute Gasteiger partial charge is 0.368 e. The summed E-state index contributed by atoms with van der Waals surface area (Å²) >= 11 is 5.98. The first-order chi connectivity index (χ1) is 15.5. The minimum absolute atomic E-state index is 0.0193. The Hall–Kier alpha value is -2.30. The Kier molecular flexibility index (Phi) is 7.54. The molecule has 7 nitrogen and oxygen atoms in total. The molecule has 1 N–H and O–H groups in total. The molecule has 2 amide bonds. The molecule has 0 radical (unpaired) electrons. The van der Waals surface area contributed by atoms with Gasteiger partial charge in [-0.2, -0.15) is 5.26 Å². The summed E-state index contributed by atoms with van der Waals surface area (Å²) in [7, 11) is 0. The Morgan fingerprint density at radius 3 is 2.34 bits per heavy atom. The van der Waals surface area contributed by atoms with Crippen molar-refractivity contribution in [2.24, 2.45) is 5.92 Å². The standard InChI is InChI=1S/C24H32ClN5O2/c25-19-5-9-21(10-6-19)28-12-14-29(15-13-28)24(32)18-3-7-20(8-4-18)27-17-23(31)30-11-1-2-22(30)16-26/h5-6,9-10,18,20,22,27H,1-4,7-8,11-15,17H2/t18-,20-,22-/m0/s1. The molecule has 1 atom stereocenters. The van der Waals surface area contributed by atoms with E-state index in [0.717, 1.165) is 75.4 Å². The van der Waals surface area contributed by atoms with E-state index < -0.39 is 0 Å². The lowest BCUT2D eigenvalue weighted by molar-refractivity contribution is -0.137. The van der Waals surface area contributed by atoms with Gasteiger partial charge in [0.05, 0.1) is 12.6 Å².